The quantitative estimate of drug-likeness (QED) is 0.328. The van der Waals surface area contributed by atoms with E-state index in [9.17, 15) is 9.59 Å². The number of hydrogen-bond acceptors (Lipinski definition) is 4. The van der Waals surface area contributed by atoms with Crippen LogP contribution in [0, 0.1) is 11.3 Å². The molecule has 5 nitrogen and oxygen atoms in total. The summed E-state index contributed by atoms with van der Waals surface area (Å²) >= 11 is 1.79. The Morgan fingerprint density at radius 2 is 1.97 bits per heavy atom. The van der Waals surface area contributed by atoms with Gasteiger partial charge >= 0.3 is 0 Å². The molecule has 3 heterocycles. The zero-order valence-electron chi connectivity index (χ0n) is 20.1. The van der Waals surface area contributed by atoms with E-state index in [-0.39, 0.29) is 17.7 Å². The molecule has 3 atom stereocenters. The number of thioether (sulfide) groups is 1. The number of benzene rings is 1. The Morgan fingerprint density at radius 3 is 2.79 bits per heavy atom. The lowest BCUT2D eigenvalue weighted by atomic mass is 9.69. The van der Waals surface area contributed by atoms with Gasteiger partial charge in [0.05, 0.1) is 11.3 Å². The Kier molecular flexibility index (Phi) is 6.58. The average Bonchev–Trinajstić information content (AvgIpc) is 3.49. The zero-order chi connectivity index (χ0) is 23.0. The van der Waals surface area contributed by atoms with Crippen molar-refractivity contribution in [1.29, 1.82) is 0 Å². The summed E-state index contributed by atoms with van der Waals surface area (Å²) in [5.74, 6) is 0.134. The van der Waals surface area contributed by atoms with Crippen LogP contribution in [0.25, 0.3) is 10.9 Å². The fourth-order valence-corrected chi connectivity index (χ4v) is 6.95. The molecule has 0 unspecified atom stereocenters. The van der Waals surface area contributed by atoms with Gasteiger partial charge < -0.3 is 9.88 Å². The van der Waals surface area contributed by atoms with Crippen LogP contribution >= 0.6 is 11.8 Å². The van der Waals surface area contributed by atoms with Crippen LogP contribution in [0.1, 0.15) is 63.9 Å². The minimum Gasteiger partial charge on any atom is -0.361 e. The molecule has 33 heavy (non-hydrogen) atoms. The van der Waals surface area contributed by atoms with Crippen molar-refractivity contribution in [1.82, 2.24) is 14.8 Å². The lowest BCUT2D eigenvalue weighted by Crippen LogP contribution is -2.36. The summed E-state index contributed by atoms with van der Waals surface area (Å²) in [6.45, 7) is 4.84. The Labute approximate surface area is 201 Å². The number of aromatic nitrogens is 1. The fraction of sp³-hybridized carbons (Fsp3) is 0.630. The maximum Gasteiger partial charge on any atom is 0.235 e. The SMILES string of the molecule is CSc1ccc2[nH]cc(C[C@H]3CCCN3CCCCN3C(=O)[C@@H]4CCCC[C@]4(C)C3=O)c2c1. The lowest BCUT2D eigenvalue weighted by Gasteiger charge is -2.31. The van der Waals surface area contributed by atoms with Gasteiger partial charge in [-0.05, 0) is 95.0 Å². The molecule has 0 spiro atoms. The predicted molar refractivity (Wildman–Crippen MR) is 134 cm³/mol. The lowest BCUT2D eigenvalue weighted by molar-refractivity contribution is -0.141. The molecule has 1 aromatic carbocycles. The van der Waals surface area contributed by atoms with E-state index in [1.54, 1.807) is 16.7 Å². The second-order valence-corrected chi connectivity index (χ2v) is 11.4. The van der Waals surface area contributed by atoms with Crippen molar-refractivity contribution in [3.63, 3.8) is 0 Å². The van der Waals surface area contributed by atoms with E-state index in [1.165, 1.54) is 34.2 Å². The van der Waals surface area contributed by atoms with Crippen LogP contribution in [0.2, 0.25) is 0 Å². The smallest absolute Gasteiger partial charge is 0.235 e. The first-order chi connectivity index (χ1) is 16.0. The second kappa shape index (κ2) is 9.46. The van der Waals surface area contributed by atoms with E-state index >= 15 is 0 Å². The maximum atomic E-state index is 13.0. The van der Waals surface area contributed by atoms with Crippen molar-refractivity contribution in [2.24, 2.45) is 11.3 Å². The predicted octanol–water partition coefficient (Wildman–Crippen LogP) is 5.24. The van der Waals surface area contributed by atoms with Gasteiger partial charge in [-0.15, -0.1) is 11.8 Å². The van der Waals surface area contributed by atoms with Crippen LogP contribution in [0.3, 0.4) is 0 Å². The van der Waals surface area contributed by atoms with Gasteiger partial charge in [0.2, 0.25) is 11.8 Å². The average molecular weight is 468 g/mol. The molecule has 2 aliphatic heterocycles. The molecule has 2 aromatic rings. The first-order valence-corrected chi connectivity index (χ1v) is 14.0. The highest BCUT2D eigenvalue weighted by Gasteiger charge is 2.56. The summed E-state index contributed by atoms with van der Waals surface area (Å²) in [4.78, 5) is 34.9. The van der Waals surface area contributed by atoms with Crippen molar-refractivity contribution in [2.75, 3.05) is 25.9 Å². The van der Waals surface area contributed by atoms with E-state index in [0.717, 1.165) is 58.0 Å². The number of aromatic amines is 1. The first-order valence-electron chi connectivity index (χ1n) is 12.7. The third kappa shape index (κ3) is 4.25. The molecule has 3 aliphatic rings. The fourth-order valence-electron chi connectivity index (χ4n) is 6.51. The third-order valence-electron chi connectivity index (χ3n) is 8.51. The van der Waals surface area contributed by atoms with Gasteiger partial charge in [0.1, 0.15) is 0 Å². The number of rotatable bonds is 8. The highest BCUT2D eigenvalue weighted by atomic mass is 32.2. The topological polar surface area (TPSA) is 56.4 Å². The minimum absolute atomic E-state index is 0.0653. The van der Waals surface area contributed by atoms with Crippen LogP contribution in [0.4, 0.5) is 0 Å². The zero-order valence-corrected chi connectivity index (χ0v) is 20.9. The Balaban J connectivity index is 1.15. The number of fused-ring (bicyclic) bond motifs is 2. The number of nitrogens with zero attached hydrogens (tertiary/aromatic N) is 2. The normalized spacial score (nSPS) is 28.2. The van der Waals surface area contributed by atoms with E-state index < -0.39 is 5.41 Å². The number of hydrogen-bond donors (Lipinski definition) is 1. The molecule has 2 amide bonds. The molecule has 3 fully saturated rings. The molecule has 1 N–H and O–H groups in total. The van der Waals surface area contributed by atoms with Gasteiger partial charge in [-0.3, -0.25) is 14.5 Å². The highest BCUT2D eigenvalue weighted by Crippen LogP contribution is 2.48. The second-order valence-electron chi connectivity index (χ2n) is 10.5. The van der Waals surface area contributed by atoms with Gasteiger partial charge in [-0.2, -0.15) is 0 Å². The summed E-state index contributed by atoms with van der Waals surface area (Å²) in [5.41, 5.74) is 2.22. The van der Waals surface area contributed by atoms with Crippen molar-refractivity contribution in [2.45, 2.75) is 75.6 Å². The standard InChI is InChI=1S/C27H37N3O2S/c1-27-12-4-3-9-23(27)25(31)30(26(27)32)15-6-5-13-29-14-7-8-20(29)16-19-18-28-24-11-10-21(33-2)17-22(19)24/h10-11,17-18,20,23,28H,3-9,12-16H2,1-2H3/t20-,23+,27+/m1/s1. The van der Waals surface area contributed by atoms with Crippen molar-refractivity contribution >= 4 is 34.5 Å². The number of nitrogens with one attached hydrogen (secondary N) is 1. The van der Waals surface area contributed by atoms with E-state index in [4.69, 9.17) is 0 Å². The summed E-state index contributed by atoms with van der Waals surface area (Å²) in [6.07, 6.45) is 13.8. The monoisotopic (exact) mass is 467 g/mol. The van der Waals surface area contributed by atoms with Gasteiger partial charge in [-0.25, -0.2) is 0 Å². The minimum atomic E-state index is -0.426. The summed E-state index contributed by atoms with van der Waals surface area (Å²) in [7, 11) is 0. The molecule has 1 aliphatic carbocycles. The van der Waals surface area contributed by atoms with Crippen LogP contribution in [-0.2, 0) is 16.0 Å². The van der Waals surface area contributed by atoms with Gasteiger partial charge in [0.15, 0.2) is 0 Å². The molecule has 0 radical (unpaired) electrons. The molecular formula is C27H37N3O2S. The van der Waals surface area contributed by atoms with E-state index in [0.29, 0.717) is 12.6 Å². The molecule has 0 bridgehead atoms. The largest absolute Gasteiger partial charge is 0.361 e. The van der Waals surface area contributed by atoms with Crippen LogP contribution in [-0.4, -0.2) is 58.5 Å². The number of amides is 2. The van der Waals surface area contributed by atoms with Gasteiger partial charge in [-0.1, -0.05) is 12.8 Å². The van der Waals surface area contributed by atoms with Crippen LogP contribution in [0.15, 0.2) is 29.3 Å². The molecule has 1 aromatic heterocycles. The number of carbonyl (C=O) groups excluding carboxylic acids is 2. The molecule has 2 saturated heterocycles. The summed E-state index contributed by atoms with van der Waals surface area (Å²) in [6, 6.07) is 7.26. The number of carbonyl (C=O) groups is 2. The summed E-state index contributed by atoms with van der Waals surface area (Å²) in [5, 5.41) is 1.36. The summed E-state index contributed by atoms with van der Waals surface area (Å²) < 4.78 is 0. The van der Waals surface area contributed by atoms with Crippen LogP contribution < -0.4 is 0 Å². The molecule has 5 rings (SSSR count). The van der Waals surface area contributed by atoms with Crippen molar-refractivity contribution < 1.29 is 9.59 Å². The Bertz CT molecular complexity index is 1030. The number of imide groups is 1. The van der Waals surface area contributed by atoms with Crippen LogP contribution in [0.5, 0.6) is 0 Å². The van der Waals surface area contributed by atoms with Gasteiger partial charge in [0.25, 0.3) is 0 Å². The highest BCUT2D eigenvalue weighted by molar-refractivity contribution is 7.98. The molecule has 6 heteroatoms. The third-order valence-corrected chi connectivity index (χ3v) is 9.24. The molecule has 1 saturated carbocycles. The number of H-pyrrole nitrogens is 1. The van der Waals surface area contributed by atoms with Crippen molar-refractivity contribution in [3.05, 3.63) is 30.0 Å². The van der Waals surface area contributed by atoms with Crippen molar-refractivity contribution in [3.8, 4) is 0 Å². The molecule has 178 valence electrons. The Hall–Kier alpha value is -1.79. The first kappa shape index (κ1) is 23.0. The number of unbranched alkanes of at least 4 members (excludes halogenated alkanes) is 1. The maximum absolute atomic E-state index is 13.0. The van der Waals surface area contributed by atoms with E-state index in [1.807, 2.05) is 6.92 Å². The van der Waals surface area contributed by atoms with E-state index in [2.05, 4.69) is 40.5 Å². The Morgan fingerprint density at radius 1 is 1.12 bits per heavy atom. The number of likely N-dealkylation sites (tertiary alicyclic amines) is 2. The molecular weight excluding hydrogens is 430 g/mol. The van der Waals surface area contributed by atoms with Gasteiger partial charge in [0, 0.05) is 34.6 Å².